The van der Waals surface area contributed by atoms with Gasteiger partial charge in [0.15, 0.2) is 5.69 Å². The Morgan fingerprint density at radius 3 is 2.65 bits per heavy atom. The number of halogens is 1. The third-order valence-corrected chi connectivity index (χ3v) is 3.62. The first-order valence-corrected chi connectivity index (χ1v) is 7.73. The van der Waals surface area contributed by atoms with E-state index in [1.54, 1.807) is 42.5 Å². The van der Waals surface area contributed by atoms with Crippen molar-refractivity contribution < 1.29 is 23.5 Å². The maximum Gasteiger partial charge on any atom is 0.359 e. The Hall–Kier alpha value is -3.48. The summed E-state index contributed by atoms with van der Waals surface area (Å²) in [7, 11) is 1.29. The van der Waals surface area contributed by atoms with Gasteiger partial charge < -0.3 is 9.47 Å². The van der Waals surface area contributed by atoms with E-state index in [-0.39, 0.29) is 18.0 Å². The lowest BCUT2D eigenvalue weighted by atomic mass is 10.1. The van der Waals surface area contributed by atoms with Gasteiger partial charge in [-0.25, -0.2) is 18.7 Å². The molecule has 0 atom stereocenters. The number of hydrogen-bond donors (Lipinski definition) is 0. The van der Waals surface area contributed by atoms with Crippen LogP contribution in [0.2, 0.25) is 0 Å². The van der Waals surface area contributed by atoms with Gasteiger partial charge >= 0.3 is 11.9 Å². The van der Waals surface area contributed by atoms with Gasteiger partial charge in [-0.05, 0) is 35.9 Å². The van der Waals surface area contributed by atoms with E-state index in [2.05, 4.69) is 9.84 Å². The van der Waals surface area contributed by atoms with Crippen molar-refractivity contribution in [1.82, 2.24) is 9.78 Å². The van der Waals surface area contributed by atoms with E-state index in [1.807, 2.05) is 0 Å². The minimum atomic E-state index is -0.649. The van der Waals surface area contributed by atoms with E-state index >= 15 is 0 Å². The van der Waals surface area contributed by atoms with Gasteiger partial charge in [-0.1, -0.05) is 24.3 Å². The van der Waals surface area contributed by atoms with Crippen LogP contribution in [0.4, 0.5) is 4.39 Å². The standard InChI is InChI=1S/C19H15FN2O4/c1-25-18(23)14-6-4-5-13(11-14)12-26-19(24)16-9-10-22(21-16)17-8-3-2-7-15(17)20/h2-11H,12H2,1H3. The van der Waals surface area contributed by atoms with Crippen molar-refractivity contribution >= 4 is 11.9 Å². The molecule has 0 N–H and O–H groups in total. The maximum absolute atomic E-state index is 13.8. The Morgan fingerprint density at radius 2 is 1.88 bits per heavy atom. The molecule has 3 aromatic rings. The van der Waals surface area contributed by atoms with Crippen molar-refractivity contribution in [2.24, 2.45) is 0 Å². The second-order valence-corrected chi connectivity index (χ2v) is 5.37. The topological polar surface area (TPSA) is 70.4 Å². The summed E-state index contributed by atoms with van der Waals surface area (Å²) in [6, 6.07) is 14.1. The maximum atomic E-state index is 13.8. The summed E-state index contributed by atoms with van der Waals surface area (Å²) in [5.74, 6) is -1.57. The lowest BCUT2D eigenvalue weighted by molar-refractivity contribution is 0.0465. The molecule has 0 saturated carbocycles. The molecular weight excluding hydrogens is 339 g/mol. The number of hydrogen-bond acceptors (Lipinski definition) is 5. The number of methoxy groups -OCH3 is 1. The molecule has 0 spiro atoms. The molecular formula is C19H15FN2O4. The zero-order valence-electron chi connectivity index (χ0n) is 13.9. The van der Waals surface area contributed by atoms with Gasteiger partial charge in [-0.15, -0.1) is 0 Å². The van der Waals surface area contributed by atoms with Gasteiger partial charge in [0.05, 0.1) is 12.7 Å². The molecule has 7 heteroatoms. The fraction of sp³-hybridized carbons (Fsp3) is 0.105. The SMILES string of the molecule is COC(=O)c1cccc(COC(=O)c2ccn(-c3ccccc3F)n2)c1. The quantitative estimate of drug-likeness (QED) is 0.658. The molecule has 0 aliphatic rings. The molecule has 0 radical (unpaired) electrons. The number of ether oxygens (including phenoxy) is 2. The number of rotatable bonds is 5. The van der Waals surface area contributed by atoms with Crippen LogP contribution in [0.15, 0.2) is 60.8 Å². The molecule has 0 amide bonds. The van der Waals surface area contributed by atoms with Crippen LogP contribution < -0.4 is 0 Å². The number of carbonyl (C=O) groups is 2. The predicted molar refractivity (Wildman–Crippen MR) is 90.4 cm³/mol. The lowest BCUT2D eigenvalue weighted by Crippen LogP contribution is -2.08. The minimum absolute atomic E-state index is 0.0315. The fourth-order valence-electron chi connectivity index (χ4n) is 2.33. The summed E-state index contributed by atoms with van der Waals surface area (Å²) in [5.41, 5.74) is 1.29. The first-order valence-electron chi connectivity index (χ1n) is 7.73. The van der Waals surface area contributed by atoms with Crippen molar-refractivity contribution in [1.29, 1.82) is 0 Å². The molecule has 0 aliphatic carbocycles. The highest BCUT2D eigenvalue weighted by molar-refractivity contribution is 5.89. The van der Waals surface area contributed by atoms with E-state index in [4.69, 9.17) is 4.74 Å². The molecule has 6 nitrogen and oxygen atoms in total. The Kier molecular flexibility index (Phi) is 5.07. The Morgan fingerprint density at radius 1 is 1.08 bits per heavy atom. The smallest absolute Gasteiger partial charge is 0.359 e. The summed E-state index contributed by atoms with van der Waals surface area (Å²) in [6.45, 7) is -0.0315. The fourth-order valence-corrected chi connectivity index (χ4v) is 2.33. The Labute approximate surface area is 148 Å². The molecule has 0 unspecified atom stereocenters. The summed E-state index contributed by atoms with van der Waals surface area (Å²) in [4.78, 5) is 23.7. The summed E-state index contributed by atoms with van der Waals surface area (Å²) in [5, 5.41) is 4.04. The van der Waals surface area contributed by atoms with Crippen molar-refractivity contribution in [3.8, 4) is 5.69 Å². The van der Waals surface area contributed by atoms with Crippen LogP contribution in [-0.4, -0.2) is 28.8 Å². The molecule has 26 heavy (non-hydrogen) atoms. The molecule has 0 saturated heterocycles. The molecule has 0 fully saturated rings. The molecule has 2 aromatic carbocycles. The van der Waals surface area contributed by atoms with Gasteiger partial charge in [-0.3, -0.25) is 0 Å². The number of para-hydroxylation sites is 1. The zero-order valence-corrected chi connectivity index (χ0v) is 13.9. The van der Waals surface area contributed by atoms with Gasteiger partial charge in [-0.2, -0.15) is 5.10 Å². The highest BCUT2D eigenvalue weighted by atomic mass is 19.1. The Balaban J connectivity index is 1.68. The third-order valence-electron chi connectivity index (χ3n) is 3.62. The third kappa shape index (κ3) is 3.77. The first kappa shape index (κ1) is 17.3. The van der Waals surface area contributed by atoms with Crippen LogP contribution in [0.1, 0.15) is 26.4 Å². The van der Waals surface area contributed by atoms with Crippen LogP contribution in [0.25, 0.3) is 5.69 Å². The van der Waals surface area contributed by atoms with E-state index in [0.29, 0.717) is 11.1 Å². The number of esters is 2. The minimum Gasteiger partial charge on any atom is -0.465 e. The summed E-state index contributed by atoms with van der Waals surface area (Å²) in [6.07, 6.45) is 1.48. The largest absolute Gasteiger partial charge is 0.465 e. The van der Waals surface area contributed by atoms with Crippen LogP contribution >= 0.6 is 0 Å². The molecule has 3 rings (SSSR count). The molecule has 1 aromatic heterocycles. The van der Waals surface area contributed by atoms with Crippen molar-refractivity contribution in [3.05, 3.63) is 83.4 Å². The van der Waals surface area contributed by atoms with Crippen LogP contribution in [-0.2, 0) is 16.1 Å². The zero-order chi connectivity index (χ0) is 18.5. The van der Waals surface area contributed by atoms with E-state index in [9.17, 15) is 14.0 Å². The second kappa shape index (κ2) is 7.60. The van der Waals surface area contributed by atoms with Crippen molar-refractivity contribution in [2.75, 3.05) is 7.11 Å². The van der Waals surface area contributed by atoms with Crippen molar-refractivity contribution in [3.63, 3.8) is 0 Å². The molecule has 132 valence electrons. The predicted octanol–water partition coefficient (Wildman–Crippen LogP) is 3.16. The summed E-state index contributed by atoms with van der Waals surface area (Å²) >= 11 is 0. The van der Waals surface area contributed by atoms with Crippen molar-refractivity contribution in [2.45, 2.75) is 6.61 Å². The van der Waals surface area contributed by atoms with Gasteiger partial charge in [0.25, 0.3) is 0 Å². The summed E-state index contributed by atoms with van der Waals surface area (Å²) < 4.78 is 24.9. The second-order valence-electron chi connectivity index (χ2n) is 5.37. The average molecular weight is 354 g/mol. The molecule has 0 aliphatic heterocycles. The van der Waals surface area contributed by atoms with Gasteiger partial charge in [0.1, 0.15) is 18.1 Å². The number of aromatic nitrogens is 2. The van der Waals surface area contributed by atoms with Gasteiger partial charge in [0, 0.05) is 6.20 Å². The van der Waals surface area contributed by atoms with Crippen LogP contribution in [0.5, 0.6) is 0 Å². The number of carbonyl (C=O) groups excluding carboxylic acids is 2. The average Bonchev–Trinajstić information content (AvgIpc) is 3.16. The number of benzene rings is 2. The number of nitrogens with zero attached hydrogens (tertiary/aromatic N) is 2. The van der Waals surface area contributed by atoms with E-state index in [1.165, 1.54) is 30.1 Å². The Bertz CT molecular complexity index is 952. The normalized spacial score (nSPS) is 10.4. The van der Waals surface area contributed by atoms with Gasteiger partial charge in [0.2, 0.25) is 0 Å². The molecule has 0 bridgehead atoms. The lowest BCUT2D eigenvalue weighted by Gasteiger charge is -2.05. The molecule has 1 heterocycles. The van der Waals surface area contributed by atoms with E-state index in [0.717, 1.165) is 0 Å². The van der Waals surface area contributed by atoms with Crippen LogP contribution in [0.3, 0.4) is 0 Å². The highest BCUT2D eigenvalue weighted by Crippen LogP contribution is 2.13. The van der Waals surface area contributed by atoms with E-state index < -0.39 is 17.8 Å². The first-order chi connectivity index (χ1) is 12.6. The highest BCUT2D eigenvalue weighted by Gasteiger charge is 2.14. The van der Waals surface area contributed by atoms with Crippen LogP contribution in [0, 0.1) is 5.82 Å². The monoisotopic (exact) mass is 354 g/mol.